The number of amides is 1. The monoisotopic (exact) mass is 351 g/mol. The van der Waals surface area contributed by atoms with Crippen LogP contribution in [0.1, 0.15) is 27.8 Å². The van der Waals surface area contributed by atoms with Crippen LogP contribution in [0.5, 0.6) is 0 Å². The smallest absolute Gasteiger partial charge is 0.274 e. The molecule has 0 spiro atoms. The lowest BCUT2D eigenvalue weighted by Crippen LogP contribution is -2.42. The van der Waals surface area contributed by atoms with Gasteiger partial charge < -0.3 is 19.4 Å². The Bertz CT molecular complexity index is 952. The summed E-state index contributed by atoms with van der Waals surface area (Å²) in [6.07, 6.45) is 3.52. The van der Waals surface area contributed by atoms with Crippen molar-refractivity contribution in [1.29, 1.82) is 0 Å². The van der Waals surface area contributed by atoms with Crippen LogP contribution in [-0.2, 0) is 4.74 Å². The van der Waals surface area contributed by atoms with E-state index in [4.69, 9.17) is 4.74 Å². The summed E-state index contributed by atoms with van der Waals surface area (Å²) in [6.45, 7) is 3.51. The standard InChI is InChI=1S/C19H21N5O2/c1-13-6-7-18-22-15(11-24(18)10-13)19(25)23-8-9-26-16(12-23)14-4-3-5-17(20-2)21-14/h3-7,10-11,16H,8-9,12H2,1-2H3,(H,20,21)/t16-/m1/s1. The number of carbonyl (C=O) groups is 1. The first-order valence-electron chi connectivity index (χ1n) is 8.65. The van der Waals surface area contributed by atoms with Gasteiger partial charge in [-0.1, -0.05) is 12.1 Å². The van der Waals surface area contributed by atoms with Gasteiger partial charge in [-0.05, 0) is 30.7 Å². The molecule has 0 saturated carbocycles. The molecule has 0 aromatic carbocycles. The molecule has 0 aliphatic carbocycles. The average molecular weight is 351 g/mol. The minimum absolute atomic E-state index is 0.0792. The molecule has 26 heavy (non-hydrogen) atoms. The lowest BCUT2D eigenvalue weighted by atomic mass is 10.1. The van der Waals surface area contributed by atoms with Gasteiger partial charge in [0.1, 0.15) is 23.3 Å². The maximum Gasteiger partial charge on any atom is 0.274 e. The van der Waals surface area contributed by atoms with Crippen LogP contribution in [0.2, 0.25) is 0 Å². The number of aromatic nitrogens is 3. The molecule has 7 nitrogen and oxygen atoms in total. The normalized spacial score (nSPS) is 17.5. The third-order valence-corrected chi connectivity index (χ3v) is 4.53. The minimum Gasteiger partial charge on any atom is -0.373 e. The quantitative estimate of drug-likeness (QED) is 0.784. The van der Waals surface area contributed by atoms with Crippen molar-refractivity contribution in [2.24, 2.45) is 0 Å². The highest BCUT2D eigenvalue weighted by Crippen LogP contribution is 2.23. The van der Waals surface area contributed by atoms with E-state index in [2.05, 4.69) is 15.3 Å². The molecule has 0 bridgehead atoms. The molecular formula is C19H21N5O2. The largest absolute Gasteiger partial charge is 0.373 e. The molecule has 134 valence electrons. The van der Waals surface area contributed by atoms with E-state index in [1.165, 1.54) is 0 Å². The van der Waals surface area contributed by atoms with Gasteiger partial charge in [0.25, 0.3) is 5.91 Å². The number of hydrogen-bond donors (Lipinski definition) is 1. The third kappa shape index (κ3) is 3.13. The molecule has 4 heterocycles. The molecule has 1 atom stereocenters. The van der Waals surface area contributed by atoms with Crippen LogP contribution in [0.25, 0.3) is 5.65 Å². The van der Waals surface area contributed by atoms with Gasteiger partial charge in [-0.25, -0.2) is 9.97 Å². The van der Waals surface area contributed by atoms with E-state index in [1.54, 1.807) is 11.1 Å². The van der Waals surface area contributed by atoms with E-state index in [0.29, 0.717) is 25.4 Å². The second kappa shape index (κ2) is 6.76. The maximum atomic E-state index is 12.9. The zero-order valence-corrected chi connectivity index (χ0v) is 14.8. The number of carbonyl (C=O) groups excluding carboxylic acids is 1. The number of nitrogens with zero attached hydrogens (tertiary/aromatic N) is 4. The molecule has 0 radical (unpaired) electrons. The van der Waals surface area contributed by atoms with Gasteiger partial charge >= 0.3 is 0 Å². The fourth-order valence-electron chi connectivity index (χ4n) is 3.15. The summed E-state index contributed by atoms with van der Waals surface area (Å²) in [6, 6.07) is 9.66. The molecule has 4 rings (SSSR count). The zero-order chi connectivity index (χ0) is 18.1. The second-order valence-corrected chi connectivity index (χ2v) is 6.41. The summed E-state index contributed by atoms with van der Waals surface area (Å²) >= 11 is 0. The van der Waals surface area contributed by atoms with Crippen LogP contribution in [0.15, 0.2) is 42.7 Å². The number of ether oxygens (including phenoxy) is 1. The molecule has 0 unspecified atom stereocenters. The lowest BCUT2D eigenvalue weighted by Gasteiger charge is -2.32. The van der Waals surface area contributed by atoms with Crippen molar-refractivity contribution in [3.8, 4) is 0 Å². The highest BCUT2D eigenvalue weighted by atomic mass is 16.5. The summed E-state index contributed by atoms with van der Waals surface area (Å²) in [5.74, 6) is 0.703. The van der Waals surface area contributed by atoms with Gasteiger partial charge in [-0.3, -0.25) is 4.79 Å². The number of aryl methyl sites for hydroxylation is 1. The minimum atomic E-state index is -0.236. The van der Waals surface area contributed by atoms with Gasteiger partial charge in [0.15, 0.2) is 0 Å². The van der Waals surface area contributed by atoms with E-state index in [-0.39, 0.29) is 12.0 Å². The molecule has 1 fully saturated rings. The number of anilines is 1. The van der Waals surface area contributed by atoms with Gasteiger partial charge in [0.2, 0.25) is 0 Å². The van der Waals surface area contributed by atoms with Crippen LogP contribution < -0.4 is 5.32 Å². The van der Waals surface area contributed by atoms with Gasteiger partial charge in [0.05, 0.1) is 18.8 Å². The summed E-state index contributed by atoms with van der Waals surface area (Å²) in [4.78, 5) is 23.7. The van der Waals surface area contributed by atoms with E-state index in [9.17, 15) is 4.79 Å². The van der Waals surface area contributed by atoms with Gasteiger partial charge in [-0.2, -0.15) is 0 Å². The maximum absolute atomic E-state index is 12.9. The lowest BCUT2D eigenvalue weighted by molar-refractivity contribution is -0.0248. The molecule has 7 heteroatoms. The van der Waals surface area contributed by atoms with Crippen molar-refractivity contribution >= 4 is 17.4 Å². The number of pyridine rings is 2. The topological polar surface area (TPSA) is 71.8 Å². The number of nitrogens with one attached hydrogen (secondary N) is 1. The van der Waals surface area contributed by atoms with Crippen LogP contribution >= 0.6 is 0 Å². The molecule has 1 aliphatic heterocycles. The van der Waals surface area contributed by atoms with Gasteiger partial charge in [-0.15, -0.1) is 0 Å². The SMILES string of the molecule is CNc1cccc([C@H]2CN(C(=O)c3cn4cc(C)ccc4n3)CCO2)n1. The van der Waals surface area contributed by atoms with E-state index in [1.807, 2.05) is 54.9 Å². The van der Waals surface area contributed by atoms with Crippen molar-refractivity contribution in [1.82, 2.24) is 19.3 Å². The number of morpholine rings is 1. The van der Waals surface area contributed by atoms with Crippen LogP contribution in [0.4, 0.5) is 5.82 Å². The highest BCUT2D eigenvalue weighted by molar-refractivity contribution is 5.93. The van der Waals surface area contributed by atoms with Crippen molar-refractivity contribution < 1.29 is 9.53 Å². The van der Waals surface area contributed by atoms with E-state index < -0.39 is 0 Å². The Kier molecular flexibility index (Phi) is 4.30. The van der Waals surface area contributed by atoms with E-state index >= 15 is 0 Å². The van der Waals surface area contributed by atoms with Crippen molar-refractivity contribution in [3.05, 3.63) is 59.7 Å². The van der Waals surface area contributed by atoms with Crippen LogP contribution in [-0.4, -0.2) is 51.9 Å². The predicted molar refractivity (Wildman–Crippen MR) is 98.3 cm³/mol. The summed E-state index contributed by atoms with van der Waals surface area (Å²) in [5.41, 5.74) is 3.16. The first-order valence-corrected chi connectivity index (χ1v) is 8.65. The Morgan fingerprint density at radius 3 is 2.96 bits per heavy atom. The number of fused-ring (bicyclic) bond motifs is 1. The summed E-state index contributed by atoms with van der Waals surface area (Å²) in [5, 5.41) is 3.03. The molecule has 1 saturated heterocycles. The fourth-order valence-corrected chi connectivity index (χ4v) is 3.15. The third-order valence-electron chi connectivity index (χ3n) is 4.53. The number of rotatable bonds is 3. The Morgan fingerprint density at radius 1 is 1.23 bits per heavy atom. The average Bonchev–Trinajstić information content (AvgIpc) is 3.10. The molecule has 3 aromatic heterocycles. The molecular weight excluding hydrogens is 330 g/mol. The zero-order valence-electron chi connectivity index (χ0n) is 14.8. The predicted octanol–water partition coefficient (Wildman–Crippen LogP) is 2.29. The highest BCUT2D eigenvalue weighted by Gasteiger charge is 2.28. The van der Waals surface area contributed by atoms with Crippen molar-refractivity contribution in [2.45, 2.75) is 13.0 Å². The number of imidazole rings is 1. The Morgan fingerprint density at radius 2 is 2.12 bits per heavy atom. The Labute approximate surface area is 151 Å². The first kappa shape index (κ1) is 16.5. The first-order chi connectivity index (χ1) is 12.6. The van der Waals surface area contributed by atoms with Crippen molar-refractivity contribution in [2.75, 3.05) is 32.1 Å². The molecule has 1 amide bonds. The number of hydrogen-bond acceptors (Lipinski definition) is 5. The Balaban J connectivity index is 1.55. The summed E-state index contributed by atoms with van der Waals surface area (Å²) < 4.78 is 7.73. The molecule has 3 aromatic rings. The molecule has 1 aliphatic rings. The van der Waals surface area contributed by atoms with Crippen molar-refractivity contribution in [3.63, 3.8) is 0 Å². The van der Waals surface area contributed by atoms with Crippen LogP contribution in [0.3, 0.4) is 0 Å². The van der Waals surface area contributed by atoms with Gasteiger partial charge in [0, 0.05) is 26.0 Å². The van der Waals surface area contributed by atoms with Crippen LogP contribution in [0, 0.1) is 6.92 Å². The second-order valence-electron chi connectivity index (χ2n) is 6.41. The van der Waals surface area contributed by atoms with E-state index in [0.717, 1.165) is 22.7 Å². The Hall–Kier alpha value is -2.93. The summed E-state index contributed by atoms with van der Waals surface area (Å²) in [7, 11) is 1.83. The molecule has 1 N–H and O–H groups in total. The fraction of sp³-hybridized carbons (Fsp3) is 0.316.